The van der Waals surface area contributed by atoms with Crippen LogP contribution in [-0.4, -0.2) is 26.3 Å². The number of hydrogen-bond acceptors (Lipinski definition) is 6. The second kappa shape index (κ2) is 5.54. The summed E-state index contributed by atoms with van der Waals surface area (Å²) in [4.78, 5) is 16.4. The third-order valence-corrected chi connectivity index (χ3v) is 2.74. The van der Waals surface area contributed by atoms with Gasteiger partial charge in [-0.25, -0.2) is 19.9 Å². The number of aromatic hydroxyl groups is 1. The van der Waals surface area contributed by atoms with Crippen LogP contribution in [0.15, 0.2) is 52.0 Å². The van der Waals surface area contributed by atoms with E-state index >= 15 is 0 Å². The summed E-state index contributed by atoms with van der Waals surface area (Å²) in [6, 6.07) is 11.1. The van der Waals surface area contributed by atoms with Gasteiger partial charge in [0.25, 0.3) is 0 Å². The number of hydrogen-bond donors (Lipinski definition) is 1. The number of oxazole rings is 1. The zero-order chi connectivity index (χ0) is 14.7. The molecule has 1 aromatic carbocycles. The fourth-order valence-corrected chi connectivity index (χ4v) is 1.73. The zero-order valence-corrected chi connectivity index (χ0v) is 11.3. The van der Waals surface area contributed by atoms with E-state index in [-0.39, 0.29) is 11.6 Å². The Kier molecular flexibility index (Phi) is 3.42. The molecule has 0 atom stereocenters. The maximum Gasteiger partial charge on any atom is 0.312 e. The summed E-state index contributed by atoms with van der Waals surface area (Å²) in [5.74, 6) is 0.351. The van der Waals surface area contributed by atoms with Crippen molar-refractivity contribution in [2.75, 3.05) is 0 Å². The van der Waals surface area contributed by atoms with Crippen LogP contribution in [0.4, 0.5) is 5.95 Å². The molecule has 1 N–H and O–H groups in total. The Morgan fingerprint density at radius 3 is 2.71 bits per heavy atom. The summed E-state index contributed by atoms with van der Waals surface area (Å²) in [7, 11) is 0. The average Bonchev–Trinajstić information content (AvgIpc) is 2.87. The van der Waals surface area contributed by atoms with E-state index in [1.54, 1.807) is 12.3 Å². The predicted octanol–water partition coefficient (Wildman–Crippen LogP) is 2.90. The molecule has 2 heterocycles. The Hall–Kier alpha value is -3.02. The van der Waals surface area contributed by atoms with Crippen LogP contribution in [0.2, 0.25) is 0 Å². The average molecular weight is 280 g/mol. The quantitative estimate of drug-likeness (QED) is 0.746. The maximum absolute atomic E-state index is 9.76. The van der Waals surface area contributed by atoms with Gasteiger partial charge < -0.3 is 9.52 Å². The molecule has 0 aliphatic rings. The van der Waals surface area contributed by atoms with Crippen LogP contribution in [-0.2, 0) is 0 Å². The molecule has 0 radical (unpaired) electrons. The van der Waals surface area contributed by atoms with Crippen LogP contribution in [0.25, 0.3) is 11.5 Å². The Morgan fingerprint density at radius 2 is 1.95 bits per heavy atom. The lowest BCUT2D eigenvalue weighted by Gasteiger charge is -1.92. The van der Waals surface area contributed by atoms with Crippen LogP contribution >= 0.6 is 0 Å². The second-order valence-corrected chi connectivity index (χ2v) is 4.33. The molecule has 0 aliphatic heterocycles. The molecular formula is C15H12N4O2. The van der Waals surface area contributed by atoms with Gasteiger partial charge in [0, 0.05) is 17.5 Å². The van der Waals surface area contributed by atoms with Crippen molar-refractivity contribution in [3.05, 3.63) is 54.0 Å². The number of aromatic nitrogens is 3. The van der Waals surface area contributed by atoms with Crippen LogP contribution < -0.4 is 0 Å². The number of rotatable bonds is 3. The maximum atomic E-state index is 9.76. The lowest BCUT2D eigenvalue weighted by atomic mass is 10.2. The van der Waals surface area contributed by atoms with E-state index in [2.05, 4.69) is 19.9 Å². The van der Waals surface area contributed by atoms with E-state index in [0.29, 0.717) is 11.8 Å². The molecule has 0 saturated heterocycles. The largest absolute Gasteiger partial charge is 0.479 e. The molecule has 21 heavy (non-hydrogen) atoms. The lowest BCUT2D eigenvalue weighted by molar-refractivity contribution is 0.337. The van der Waals surface area contributed by atoms with Crippen molar-refractivity contribution >= 4 is 12.2 Å². The summed E-state index contributed by atoms with van der Waals surface area (Å²) in [5.41, 5.74) is 1.82. The fraction of sp³-hybridized carbons (Fsp3) is 0.0667. The summed E-state index contributed by atoms with van der Waals surface area (Å²) in [6.07, 6.45) is 2.99. The molecule has 0 amide bonds. The van der Waals surface area contributed by atoms with Crippen molar-refractivity contribution in [3.63, 3.8) is 0 Å². The Labute approximate surface area is 120 Å². The van der Waals surface area contributed by atoms with Gasteiger partial charge in [0.2, 0.25) is 11.8 Å². The van der Waals surface area contributed by atoms with Crippen molar-refractivity contribution in [1.29, 1.82) is 0 Å². The van der Waals surface area contributed by atoms with Gasteiger partial charge in [-0.15, -0.1) is 0 Å². The summed E-state index contributed by atoms with van der Waals surface area (Å²) in [6.45, 7) is 1.85. The van der Waals surface area contributed by atoms with Gasteiger partial charge in [-0.3, -0.25) is 0 Å². The fourth-order valence-electron chi connectivity index (χ4n) is 1.73. The normalized spacial score (nSPS) is 11.1. The van der Waals surface area contributed by atoms with Gasteiger partial charge in [-0.2, -0.15) is 0 Å². The summed E-state index contributed by atoms with van der Waals surface area (Å²) in [5, 5.41) is 9.76. The van der Waals surface area contributed by atoms with E-state index in [4.69, 9.17) is 4.42 Å². The first-order chi connectivity index (χ1) is 10.2. The van der Waals surface area contributed by atoms with Gasteiger partial charge >= 0.3 is 5.95 Å². The third-order valence-electron chi connectivity index (χ3n) is 2.74. The van der Waals surface area contributed by atoms with E-state index in [1.165, 1.54) is 6.21 Å². The minimum absolute atomic E-state index is 0.235. The molecule has 0 fully saturated rings. The highest BCUT2D eigenvalue weighted by Crippen LogP contribution is 2.25. The molecule has 0 aliphatic carbocycles. The van der Waals surface area contributed by atoms with Crippen molar-refractivity contribution in [2.45, 2.75) is 6.92 Å². The molecule has 0 spiro atoms. The lowest BCUT2D eigenvalue weighted by Crippen LogP contribution is -1.86. The molecular weight excluding hydrogens is 268 g/mol. The molecule has 0 saturated carbocycles. The van der Waals surface area contributed by atoms with Crippen molar-refractivity contribution in [3.8, 4) is 17.4 Å². The molecule has 2 aromatic heterocycles. The highest BCUT2D eigenvalue weighted by molar-refractivity contribution is 5.82. The number of aliphatic imine (C=N–C) groups is 1. The third kappa shape index (κ3) is 2.94. The molecule has 6 nitrogen and oxygen atoms in total. The second-order valence-electron chi connectivity index (χ2n) is 4.33. The van der Waals surface area contributed by atoms with Crippen molar-refractivity contribution in [1.82, 2.24) is 15.0 Å². The van der Waals surface area contributed by atoms with Crippen molar-refractivity contribution < 1.29 is 9.52 Å². The van der Waals surface area contributed by atoms with E-state index in [9.17, 15) is 5.11 Å². The van der Waals surface area contributed by atoms with E-state index in [1.807, 2.05) is 37.3 Å². The Balaban J connectivity index is 1.88. The molecule has 3 rings (SSSR count). The van der Waals surface area contributed by atoms with Gasteiger partial charge in [0.05, 0.1) is 6.21 Å². The standard InChI is InChI=1S/C15H12N4O2/c1-10-7-8-16-15(18-10)17-9-12-14(20)21-13(19-12)11-5-3-2-4-6-11/h2-9,20H,1H3. The minimum Gasteiger partial charge on any atom is -0.479 e. The van der Waals surface area contributed by atoms with Crippen LogP contribution in [0, 0.1) is 6.92 Å². The summed E-state index contributed by atoms with van der Waals surface area (Å²) < 4.78 is 5.23. The highest BCUT2D eigenvalue weighted by atomic mass is 16.5. The first-order valence-electron chi connectivity index (χ1n) is 6.31. The van der Waals surface area contributed by atoms with Gasteiger partial charge in [0.15, 0.2) is 5.69 Å². The van der Waals surface area contributed by atoms with Crippen molar-refractivity contribution in [2.24, 2.45) is 4.99 Å². The Bertz CT molecular complexity index is 781. The van der Waals surface area contributed by atoms with Crippen LogP contribution in [0.3, 0.4) is 0 Å². The molecule has 3 aromatic rings. The smallest absolute Gasteiger partial charge is 0.312 e. The first-order valence-corrected chi connectivity index (χ1v) is 6.31. The number of nitrogens with zero attached hydrogens (tertiary/aromatic N) is 4. The van der Waals surface area contributed by atoms with Crippen LogP contribution in [0.5, 0.6) is 5.95 Å². The monoisotopic (exact) mass is 280 g/mol. The molecule has 104 valence electrons. The first kappa shape index (κ1) is 13.0. The molecule has 0 bridgehead atoms. The summed E-state index contributed by atoms with van der Waals surface area (Å²) >= 11 is 0. The predicted molar refractivity (Wildman–Crippen MR) is 77.6 cm³/mol. The van der Waals surface area contributed by atoms with Gasteiger partial charge in [-0.05, 0) is 25.1 Å². The van der Waals surface area contributed by atoms with Gasteiger partial charge in [0.1, 0.15) is 0 Å². The topological polar surface area (TPSA) is 84.4 Å². The SMILES string of the molecule is Cc1ccnc(N=Cc2nc(-c3ccccc3)oc2O)n1. The molecule has 6 heteroatoms. The molecule has 0 unspecified atom stereocenters. The van der Waals surface area contributed by atoms with E-state index in [0.717, 1.165) is 11.3 Å². The van der Waals surface area contributed by atoms with E-state index < -0.39 is 0 Å². The number of aryl methyl sites for hydroxylation is 1. The Morgan fingerprint density at radius 1 is 1.14 bits per heavy atom. The number of benzene rings is 1. The van der Waals surface area contributed by atoms with Crippen LogP contribution in [0.1, 0.15) is 11.4 Å². The minimum atomic E-state index is -0.287. The zero-order valence-electron chi connectivity index (χ0n) is 11.3. The van der Waals surface area contributed by atoms with Gasteiger partial charge in [-0.1, -0.05) is 18.2 Å². The highest BCUT2D eigenvalue weighted by Gasteiger charge is 2.11.